The van der Waals surface area contributed by atoms with Crippen LogP contribution in [0, 0.1) is 11.2 Å². The molecular weight excluding hydrogens is 417 g/mol. The molecule has 3 aromatic rings. The van der Waals surface area contributed by atoms with Crippen molar-refractivity contribution >= 4 is 28.4 Å². The van der Waals surface area contributed by atoms with Crippen LogP contribution in [-0.2, 0) is 4.79 Å². The smallest absolute Gasteiger partial charge is 0.266 e. The van der Waals surface area contributed by atoms with E-state index in [1.165, 1.54) is 22.8 Å². The predicted octanol–water partition coefficient (Wildman–Crippen LogP) is 5.52. The first kappa shape index (κ1) is 22.9. The molecule has 1 heterocycles. The molecule has 0 bridgehead atoms. The van der Waals surface area contributed by atoms with Gasteiger partial charge in [-0.1, -0.05) is 44.5 Å². The lowest BCUT2D eigenvalue weighted by Crippen LogP contribution is -2.38. The summed E-state index contributed by atoms with van der Waals surface area (Å²) < 4.78 is 15.2. The van der Waals surface area contributed by atoms with Crippen molar-refractivity contribution in [2.45, 2.75) is 47.1 Å². The zero-order valence-corrected chi connectivity index (χ0v) is 19.2. The van der Waals surface area contributed by atoms with Crippen LogP contribution in [-0.4, -0.2) is 26.9 Å². The van der Waals surface area contributed by atoms with E-state index in [4.69, 9.17) is 16.6 Å². The van der Waals surface area contributed by atoms with E-state index in [0.717, 1.165) is 0 Å². The van der Waals surface area contributed by atoms with Crippen molar-refractivity contribution in [3.8, 4) is 5.69 Å². The molecular formula is C24H27ClFN3O2. The number of fused-ring (bicyclic) bond motifs is 1. The number of hydrogen-bond acceptors (Lipinski definition) is 3. The van der Waals surface area contributed by atoms with Crippen LogP contribution in [0.25, 0.3) is 16.6 Å². The van der Waals surface area contributed by atoms with Gasteiger partial charge in [-0.2, -0.15) is 0 Å². The fraction of sp³-hybridized carbons (Fsp3) is 0.375. The Morgan fingerprint density at radius 3 is 2.52 bits per heavy atom. The minimum Gasteiger partial charge on any atom is -0.333 e. The molecule has 5 nitrogen and oxygen atoms in total. The highest BCUT2D eigenvalue weighted by Crippen LogP contribution is 2.27. The van der Waals surface area contributed by atoms with Crippen LogP contribution in [0.4, 0.5) is 4.39 Å². The topological polar surface area (TPSA) is 55.2 Å². The summed E-state index contributed by atoms with van der Waals surface area (Å²) in [6.07, 6.45) is 0.366. The van der Waals surface area contributed by atoms with Crippen LogP contribution < -0.4 is 5.56 Å². The summed E-state index contributed by atoms with van der Waals surface area (Å²) in [6.45, 7) is 10.2. The number of aromatic nitrogens is 2. The second kappa shape index (κ2) is 8.79. The highest BCUT2D eigenvalue weighted by Gasteiger charge is 2.28. The van der Waals surface area contributed by atoms with Crippen LogP contribution in [0.15, 0.2) is 47.3 Å². The Labute approximate surface area is 186 Å². The van der Waals surface area contributed by atoms with E-state index >= 15 is 0 Å². The van der Waals surface area contributed by atoms with Crippen molar-refractivity contribution in [3.63, 3.8) is 0 Å². The van der Waals surface area contributed by atoms with E-state index in [-0.39, 0.29) is 21.9 Å². The number of nitrogens with zero attached hydrogens (tertiary/aromatic N) is 3. The van der Waals surface area contributed by atoms with Gasteiger partial charge in [-0.15, -0.1) is 0 Å². The molecule has 164 valence electrons. The van der Waals surface area contributed by atoms with Gasteiger partial charge in [0.15, 0.2) is 0 Å². The molecule has 0 aliphatic rings. The van der Waals surface area contributed by atoms with Crippen molar-refractivity contribution in [3.05, 3.63) is 69.5 Å². The maximum atomic E-state index is 13.8. The van der Waals surface area contributed by atoms with Crippen LogP contribution in [0.5, 0.6) is 0 Å². The molecule has 0 N–H and O–H groups in total. The number of para-hydroxylation sites is 1. The molecule has 3 rings (SSSR count). The zero-order valence-electron chi connectivity index (χ0n) is 18.4. The van der Waals surface area contributed by atoms with Gasteiger partial charge >= 0.3 is 0 Å². The van der Waals surface area contributed by atoms with Gasteiger partial charge < -0.3 is 4.90 Å². The van der Waals surface area contributed by atoms with Gasteiger partial charge in [0, 0.05) is 13.0 Å². The lowest BCUT2D eigenvalue weighted by molar-refractivity contribution is -0.135. The second-order valence-corrected chi connectivity index (χ2v) is 9.23. The first-order valence-electron chi connectivity index (χ1n) is 10.3. The Morgan fingerprint density at radius 1 is 1.23 bits per heavy atom. The summed E-state index contributed by atoms with van der Waals surface area (Å²) in [5.41, 5.74) is 0.467. The minimum absolute atomic E-state index is 0.0198. The molecule has 0 saturated heterocycles. The number of hydrogen-bond donors (Lipinski definition) is 0. The number of halogens is 2. The molecule has 0 aliphatic carbocycles. The maximum Gasteiger partial charge on any atom is 0.266 e. The average Bonchev–Trinajstić information content (AvgIpc) is 2.69. The second-order valence-electron chi connectivity index (χ2n) is 8.82. The Hall–Kier alpha value is -2.73. The molecule has 2 aromatic carbocycles. The number of benzene rings is 2. The Balaban J connectivity index is 2.23. The van der Waals surface area contributed by atoms with Crippen molar-refractivity contribution < 1.29 is 9.18 Å². The van der Waals surface area contributed by atoms with Crippen molar-refractivity contribution in [2.24, 2.45) is 5.41 Å². The monoisotopic (exact) mass is 443 g/mol. The fourth-order valence-electron chi connectivity index (χ4n) is 3.66. The predicted molar refractivity (Wildman–Crippen MR) is 122 cm³/mol. The van der Waals surface area contributed by atoms with Gasteiger partial charge in [0.25, 0.3) is 5.56 Å². The SMILES string of the molecule is CCN(C(=O)CC(C)(C)C)C(C)c1nc2ccccc2c(=O)n1-c1ccc(F)c(Cl)c1. The molecule has 0 fully saturated rings. The van der Waals surface area contributed by atoms with E-state index in [0.29, 0.717) is 35.4 Å². The molecule has 0 radical (unpaired) electrons. The van der Waals surface area contributed by atoms with Gasteiger partial charge in [-0.25, -0.2) is 9.37 Å². The first-order valence-corrected chi connectivity index (χ1v) is 10.7. The van der Waals surface area contributed by atoms with E-state index < -0.39 is 11.9 Å². The number of carbonyl (C=O) groups is 1. The Kier molecular flexibility index (Phi) is 6.51. The quantitative estimate of drug-likeness (QED) is 0.521. The minimum atomic E-state index is -0.572. The molecule has 1 unspecified atom stereocenters. The molecule has 0 aliphatic heterocycles. The molecule has 31 heavy (non-hydrogen) atoms. The third kappa shape index (κ3) is 4.79. The summed E-state index contributed by atoms with van der Waals surface area (Å²) >= 11 is 6.00. The Bertz CT molecular complexity index is 1180. The van der Waals surface area contributed by atoms with Gasteiger partial charge in [0.05, 0.1) is 27.7 Å². The van der Waals surface area contributed by atoms with Crippen LogP contribution in [0.3, 0.4) is 0 Å². The summed E-state index contributed by atoms with van der Waals surface area (Å²) in [7, 11) is 0. The Morgan fingerprint density at radius 2 is 1.90 bits per heavy atom. The highest BCUT2D eigenvalue weighted by molar-refractivity contribution is 6.30. The molecule has 0 saturated carbocycles. The van der Waals surface area contributed by atoms with Crippen LogP contribution >= 0.6 is 11.6 Å². The van der Waals surface area contributed by atoms with E-state index in [1.54, 1.807) is 23.1 Å². The van der Waals surface area contributed by atoms with Crippen molar-refractivity contribution in [1.82, 2.24) is 14.5 Å². The summed E-state index contributed by atoms with van der Waals surface area (Å²) in [5.74, 6) is -0.193. The van der Waals surface area contributed by atoms with Crippen molar-refractivity contribution in [1.29, 1.82) is 0 Å². The van der Waals surface area contributed by atoms with Gasteiger partial charge in [-0.3, -0.25) is 14.2 Å². The molecule has 1 aromatic heterocycles. The van der Waals surface area contributed by atoms with E-state index in [9.17, 15) is 14.0 Å². The van der Waals surface area contributed by atoms with Crippen LogP contribution in [0.2, 0.25) is 5.02 Å². The third-order valence-corrected chi connectivity index (χ3v) is 5.44. The maximum absolute atomic E-state index is 13.8. The summed E-state index contributed by atoms with van der Waals surface area (Å²) in [5, 5.41) is 0.343. The number of amides is 1. The van der Waals surface area contributed by atoms with Gasteiger partial charge in [0.2, 0.25) is 5.91 Å². The summed E-state index contributed by atoms with van der Waals surface area (Å²) in [6, 6.07) is 10.7. The summed E-state index contributed by atoms with van der Waals surface area (Å²) in [4.78, 5) is 32.9. The molecule has 0 spiro atoms. The van der Waals surface area contributed by atoms with Crippen molar-refractivity contribution in [2.75, 3.05) is 6.54 Å². The largest absolute Gasteiger partial charge is 0.333 e. The zero-order chi connectivity index (χ0) is 22.9. The van der Waals surface area contributed by atoms with E-state index in [2.05, 4.69) is 0 Å². The third-order valence-electron chi connectivity index (χ3n) is 5.15. The lowest BCUT2D eigenvalue weighted by Gasteiger charge is -2.31. The normalized spacial score (nSPS) is 12.7. The van der Waals surface area contributed by atoms with Crippen LogP contribution in [0.1, 0.15) is 52.9 Å². The molecule has 1 atom stereocenters. The van der Waals surface area contributed by atoms with Gasteiger partial charge in [-0.05, 0) is 49.6 Å². The lowest BCUT2D eigenvalue weighted by atomic mass is 9.91. The average molecular weight is 444 g/mol. The molecule has 7 heteroatoms. The number of rotatable bonds is 5. The highest BCUT2D eigenvalue weighted by atomic mass is 35.5. The fourth-order valence-corrected chi connectivity index (χ4v) is 3.84. The molecule has 1 amide bonds. The van der Waals surface area contributed by atoms with Gasteiger partial charge in [0.1, 0.15) is 11.6 Å². The first-order chi connectivity index (χ1) is 14.5. The van der Waals surface area contributed by atoms with E-state index in [1.807, 2.05) is 40.7 Å². The number of carbonyl (C=O) groups excluding carboxylic acids is 1. The standard InChI is InChI=1S/C24H27ClFN3O2/c1-6-28(21(30)14-24(3,4)5)15(2)22-27-20-10-8-7-9-17(20)23(31)29(22)16-11-12-19(26)18(25)13-16/h7-13,15H,6,14H2,1-5H3.